The molecule has 7 heteroatoms. The van der Waals surface area contributed by atoms with Crippen molar-refractivity contribution in [2.75, 3.05) is 0 Å². The van der Waals surface area contributed by atoms with E-state index in [2.05, 4.69) is 10.5 Å². The van der Waals surface area contributed by atoms with Gasteiger partial charge in [-0.1, -0.05) is 24.3 Å². The number of aromatic hydroxyl groups is 2. The van der Waals surface area contributed by atoms with Gasteiger partial charge in [0.15, 0.2) is 0 Å². The van der Waals surface area contributed by atoms with Crippen molar-refractivity contribution in [3.63, 3.8) is 0 Å². The highest BCUT2D eigenvalue weighted by atomic mass is 16.4. The van der Waals surface area contributed by atoms with Crippen LogP contribution in [0.4, 0.5) is 0 Å². The zero-order valence-electron chi connectivity index (χ0n) is 15.3. The lowest BCUT2D eigenvalue weighted by Crippen LogP contribution is -2.21. The lowest BCUT2D eigenvalue weighted by atomic mass is 10.1. The summed E-state index contributed by atoms with van der Waals surface area (Å²) < 4.78 is 5.20. The molecule has 29 heavy (non-hydrogen) atoms. The maximum atomic E-state index is 12.5. The van der Waals surface area contributed by atoms with Crippen LogP contribution in [0.5, 0.6) is 11.5 Å². The largest absolute Gasteiger partial charge is 0.508 e. The predicted octanol–water partition coefficient (Wildman–Crippen LogP) is 3.51. The van der Waals surface area contributed by atoms with Crippen LogP contribution in [-0.2, 0) is 0 Å². The van der Waals surface area contributed by atoms with E-state index >= 15 is 0 Å². The molecular formula is C22H16N2O5. The van der Waals surface area contributed by atoms with E-state index < -0.39 is 11.5 Å². The van der Waals surface area contributed by atoms with Crippen molar-refractivity contribution in [1.29, 1.82) is 0 Å². The summed E-state index contributed by atoms with van der Waals surface area (Å²) in [6, 6.07) is 16.4. The molecule has 0 aliphatic heterocycles. The zero-order valence-corrected chi connectivity index (χ0v) is 15.3. The van der Waals surface area contributed by atoms with Gasteiger partial charge in [-0.05, 0) is 48.0 Å². The van der Waals surface area contributed by atoms with Crippen molar-refractivity contribution in [1.82, 2.24) is 5.43 Å². The fourth-order valence-corrected chi connectivity index (χ4v) is 3.02. The molecule has 0 spiro atoms. The highest BCUT2D eigenvalue weighted by Gasteiger charge is 2.13. The summed E-state index contributed by atoms with van der Waals surface area (Å²) >= 11 is 0. The number of fused-ring (bicyclic) bond motifs is 2. The third-order valence-electron chi connectivity index (χ3n) is 4.54. The molecule has 4 rings (SSSR count). The summed E-state index contributed by atoms with van der Waals surface area (Å²) in [5.74, 6) is -0.789. The van der Waals surface area contributed by atoms with Crippen molar-refractivity contribution in [3.8, 4) is 11.5 Å². The van der Waals surface area contributed by atoms with Gasteiger partial charge in [-0.2, -0.15) is 5.10 Å². The molecule has 0 saturated heterocycles. The number of rotatable bonds is 3. The van der Waals surface area contributed by atoms with E-state index in [1.165, 1.54) is 18.2 Å². The molecule has 1 aromatic heterocycles. The third-order valence-corrected chi connectivity index (χ3v) is 4.54. The number of hydrogen-bond acceptors (Lipinski definition) is 6. The Kier molecular flexibility index (Phi) is 4.48. The second-order valence-electron chi connectivity index (χ2n) is 6.52. The molecule has 0 aliphatic carbocycles. The first kappa shape index (κ1) is 18.2. The number of benzene rings is 3. The van der Waals surface area contributed by atoms with E-state index in [-0.39, 0.29) is 33.9 Å². The molecule has 0 aliphatic rings. The number of phenols is 2. The first-order valence-electron chi connectivity index (χ1n) is 8.76. The van der Waals surface area contributed by atoms with E-state index in [0.29, 0.717) is 5.39 Å². The van der Waals surface area contributed by atoms with Gasteiger partial charge in [-0.3, -0.25) is 4.79 Å². The van der Waals surface area contributed by atoms with Crippen LogP contribution < -0.4 is 11.1 Å². The Labute approximate surface area is 164 Å². The number of amides is 1. The number of hydrogen-bond donors (Lipinski definition) is 3. The number of nitrogens with zero attached hydrogens (tertiary/aromatic N) is 1. The molecule has 0 bridgehead atoms. The average molecular weight is 388 g/mol. The topological polar surface area (TPSA) is 112 Å². The minimum Gasteiger partial charge on any atom is -0.508 e. The second kappa shape index (κ2) is 7.12. The standard InChI is InChI=1S/C22H16N2O5/c1-12(17-9-15-6-7-16(25)11-20(15)29-22(17)28)23-24-21(27)18-8-13-4-2-3-5-14(13)10-19(18)26/h2-11,25-26H,1H3,(H,24,27). The summed E-state index contributed by atoms with van der Waals surface area (Å²) in [5, 5.41) is 25.8. The molecule has 0 unspecified atom stereocenters. The minimum absolute atomic E-state index is 0.0127. The Morgan fingerprint density at radius 1 is 0.931 bits per heavy atom. The Hall–Kier alpha value is -4.13. The smallest absolute Gasteiger partial charge is 0.345 e. The van der Waals surface area contributed by atoms with Crippen LogP contribution in [0.2, 0.25) is 0 Å². The number of phenolic OH excluding ortho intramolecular Hbond substituents is 2. The molecule has 0 fully saturated rings. The van der Waals surface area contributed by atoms with Crippen molar-refractivity contribution >= 4 is 33.4 Å². The van der Waals surface area contributed by atoms with E-state index in [9.17, 15) is 19.8 Å². The molecule has 0 saturated carbocycles. The zero-order chi connectivity index (χ0) is 20.5. The predicted molar refractivity (Wildman–Crippen MR) is 109 cm³/mol. The van der Waals surface area contributed by atoms with Crippen LogP contribution in [0.25, 0.3) is 21.7 Å². The van der Waals surface area contributed by atoms with Crippen LogP contribution in [0.3, 0.4) is 0 Å². The summed E-state index contributed by atoms with van der Waals surface area (Å²) in [6.07, 6.45) is 0. The van der Waals surface area contributed by atoms with Crippen LogP contribution in [0, 0.1) is 0 Å². The molecule has 0 atom stereocenters. The Morgan fingerprint density at radius 2 is 1.62 bits per heavy atom. The fraction of sp³-hybridized carbons (Fsp3) is 0.0455. The normalized spacial score (nSPS) is 11.7. The molecule has 3 N–H and O–H groups in total. The fourth-order valence-electron chi connectivity index (χ4n) is 3.02. The van der Waals surface area contributed by atoms with Crippen molar-refractivity contribution in [3.05, 3.63) is 82.2 Å². The summed E-state index contributed by atoms with van der Waals surface area (Å²) in [5.41, 5.74) is 2.44. The lowest BCUT2D eigenvalue weighted by Gasteiger charge is -2.07. The molecule has 7 nitrogen and oxygen atoms in total. The van der Waals surface area contributed by atoms with E-state index in [0.717, 1.165) is 10.8 Å². The van der Waals surface area contributed by atoms with Gasteiger partial charge in [0.2, 0.25) is 0 Å². The summed E-state index contributed by atoms with van der Waals surface area (Å²) in [7, 11) is 0. The summed E-state index contributed by atoms with van der Waals surface area (Å²) in [6.45, 7) is 1.55. The van der Waals surface area contributed by atoms with Gasteiger partial charge in [0.1, 0.15) is 17.1 Å². The van der Waals surface area contributed by atoms with Crippen molar-refractivity contribution < 1.29 is 19.4 Å². The minimum atomic E-state index is -0.646. The van der Waals surface area contributed by atoms with E-state index in [1.54, 1.807) is 25.1 Å². The number of hydrazone groups is 1. The number of nitrogens with one attached hydrogen (secondary N) is 1. The quantitative estimate of drug-likeness (QED) is 0.282. The SMILES string of the molecule is CC(=NNC(=O)c1cc2ccccc2cc1O)c1cc2ccc(O)cc2oc1=O. The van der Waals surface area contributed by atoms with E-state index in [1.807, 2.05) is 24.3 Å². The molecule has 3 aromatic carbocycles. The van der Waals surface area contributed by atoms with Crippen LogP contribution >= 0.6 is 0 Å². The maximum Gasteiger partial charge on any atom is 0.345 e. The van der Waals surface area contributed by atoms with Crippen LogP contribution in [-0.4, -0.2) is 21.8 Å². The van der Waals surface area contributed by atoms with Gasteiger partial charge < -0.3 is 14.6 Å². The van der Waals surface area contributed by atoms with Gasteiger partial charge in [-0.25, -0.2) is 10.2 Å². The monoisotopic (exact) mass is 388 g/mol. The maximum absolute atomic E-state index is 12.5. The van der Waals surface area contributed by atoms with Gasteiger partial charge in [-0.15, -0.1) is 0 Å². The van der Waals surface area contributed by atoms with Gasteiger partial charge in [0.05, 0.1) is 16.8 Å². The molecular weight excluding hydrogens is 372 g/mol. The molecule has 0 radical (unpaired) electrons. The highest BCUT2D eigenvalue weighted by molar-refractivity contribution is 6.04. The van der Waals surface area contributed by atoms with Crippen LogP contribution in [0.15, 0.2) is 75.0 Å². The first-order valence-corrected chi connectivity index (χ1v) is 8.76. The Morgan fingerprint density at radius 3 is 2.38 bits per heavy atom. The second-order valence-corrected chi connectivity index (χ2v) is 6.52. The highest BCUT2D eigenvalue weighted by Crippen LogP contribution is 2.25. The Bertz CT molecular complexity index is 1350. The van der Waals surface area contributed by atoms with Crippen LogP contribution in [0.1, 0.15) is 22.8 Å². The van der Waals surface area contributed by atoms with Gasteiger partial charge in [0.25, 0.3) is 5.91 Å². The van der Waals surface area contributed by atoms with Crippen molar-refractivity contribution in [2.45, 2.75) is 6.92 Å². The average Bonchev–Trinajstić information content (AvgIpc) is 2.70. The van der Waals surface area contributed by atoms with E-state index in [4.69, 9.17) is 4.42 Å². The first-order chi connectivity index (χ1) is 13.9. The lowest BCUT2D eigenvalue weighted by molar-refractivity contribution is 0.0952. The molecule has 1 amide bonds. The summed E-state index contributed by atoms with van der Waals surface area (Å²) in [4.78, 5) is 24.7. The molecule has 144 valence electrons. The van der Waals surface area contributed by atoms with Gasteiger partial charge in [0, 0.05) is 11.5 Å². The number of carbonyl (C=O) groups excluding carboxylic acids is 1. The Balaban J connectivity index is 1.63. The van der Waals surface area contributed by atoms with Gasteiger partial charge >= 0.3 is 5.63 Å². The third kappa shape index (κ3) is 3.53. The van der Waals surface area contributed by atoms with Crippen molar-refractivity contribution in [2.24, 2.45) is 5.10 Å². The molecule has 1 heterocycles. The molecule has 4 aromatic rings. The number of carbonyl (C=O) groups is 1.